The van der Waals surface area contributed by atoms with E-state index in [0.717, 1.165) is 53.8 Å². The Morgan fingerprint density at radius 1 is 1.20 bits per heavy atom. The second-order valence-electron chi connectivity index (χ2n) is 7.80. The second kappa shape index (κ2) is 8.45. The highest BCUT2D eigenvalue weighted by atomic mass is 35.5. The summed E-state index contributed by atoms with van der Waals surface area (Å²) in [6.45, 7) is 3.52. The van der Waals surface area contributed by atoms with Crippen LogP contribution < -0.4 is 4.72 Å². The van der Waals surface area contributed by atoms with Gasteiger partial charge in [0.1, 0.15) is 16.3 Å². The molecule has 2 atom stereocenters. The largest absolute Gasteiger partial charge is 0.341 e. The van der Waals surface area contributed by atoms with Gasteiger partial charge in [0.25, 0.3) is 10.0 Å². The summed E-state index contributed by atoms with van der Waals surface area (Å²) >= 11 is 7.10. The van der Waals surface area contributed by atoms with Crippen LogP contribution in [0.2, 0.25) is 5.02 Å². The first-order valence-corrected chi connectivity index (χ1v) is 12.7. The Balaban J connectivity index is 1.45. The SMILES string of the molecule is C[C@H](C(=O)N1CCCCC1)N1CC[C@@H](NS(=O)(=O)c2cc3ccc(Cl)cc3s2)C1=O. The van der Waals surface area contributed by atoms with Gasteiger partial charge >= 0.3 is 0 Å². The Morgan fingerprint density at radius 2 is 1.93 bits per heavy atom. The highest BCUT2D eigenvalue weighted by Gasteiger charge is 2.40. The molecule has 162 valence electrons. The van der Waals surface area contributed by atoms with Crippen molar-refractivity contribution in [2.45, 2.75) is 48.9 Å². The lowest BCUT2D eigenvalue weighted by atomic mass is 10.1. The lowest BCUT2D eigenvalue weighted by Crippen LogP contribution is -2.51. The molecular formula is C20H24ClN3O4S2. The van der Waals surface area contributed by atoms with E-state index in [0.29, 0.717) is 18.0 Å². The molecule has 2 aliphatic rings. The quantitative estimate of drug-likeness (QED) is 0.729. The van der Waals surface area contributed by atoms with E-state index in [1.165, 1.54) is 4.90 Å². The molecule has 1 aromatic heterocycles. The van der Waals surface area contributed by atoms with Crippen LogP contribution in [0.5, 0.6) is 0 Å². The van der Waals surface area contributed by atoms with E-state index >= 15 is 0 Å². The van der Waals surface area contributed by atoms with Gasteiger partial charge in [-0.3, -0.25) is 9.59 Å². The molecule has 0 bridgehead atoms. The van der Waals surface area contributed by atoms with E-state index in [9.17, 15) is 18.0 Å². The number of nitrogens with zero attached hydrogens (tertiary/aromatic N) is 2. The third kappa shape index (κ3) is 4.21. The molecule has 2 saturated heterocycles. The number of hydrogen-bond donors (Lipinski definition) is 1. The molecule has 2 fully saturated rings. The van der Waals surface area contributed by atoms with Crippen molar-refractivity contribution >= 4 is 54.9 Å². The number of thiophene rings is 1. The van der Waals surface area contributed by atoms with Gasteiger partial charge in [-0.2, -0.15) is 4.72 Å². The standard InChI is InChI=1S/C20H24ClN3O4S2/c1-13(19(25)23-8-3-2-4-9-23)24-10-7-16(20(24)26)22-30(27,28)18-11-14-5-6-15(21)12-17(14)29-18/h5-6,11-13,16,22H,2-4,7-10H2,1H3/t13-,16-/m1/s1. The van der Waals surface area contributed by atoms with Crippen LogP contribution in [-0.4, -0.2) is 61.7 Å². The number of benzene rings is 1. The average molecular weight is 470 g/mol. The van der Waals surface area contributed by atoms with Gasteiger partial charge in [-0.05, 0) is 56.2 Å². The first-order chi connectivity index (χ1) is 14.3. The fraction of sp³-hybridized carbons (Fsp3) is 0.500. The van der Waals surface area contributed by atoms with Gasteiger partial charge in [0.15, 0.2) is 0 Å². The molecule has 30 heavy (non-hydrogen) atoms. The van der Waals surface area contributed by atoms with Crippen molar-refractivity contribution in [3.05, 3.63) is 29.3 Å². The average Bonchev–Trinajstić information content (AvgIpc) is 3.31. The van der Waals surface area contributed by atoms with Crippen LogP contribution >= 0.6 is 22.9 Å². The summed E-state index contributed by atoms with van der Waals surface area (Å²) in [4.78, 5) is 28.9. The first-order valence-electron chi connectivity index (χ1n) is 10.1. The van der Waals surface area contributed by atoms with Gasteiger partial charge in [0.2, 0.25) is 11.8 Å². The summed E-state index contributed by atoms with van der Waals surface area (Å²) in [6, 6.07) is 5.33. The van der Waals surface area contributed by atoms with Gasteiger partial charge < -0.3 is 9.80 Å². The second-order valence-corrected chi connectivity index (χ2v) is 11.3. The molecule has 2 aromatic rings. The summed E-state index contributed by atoms with van der Waals surface area (Å²) in [5, 5.41) is 1.32. The maximum absolute atomic E-state index is 12.9. The Bertz CT molecular complexity index is 1080. The maximum Gasteiger partial charge on any atom is 0.250 e. The highest BCUT2D eigenvalue weighted by molar-refractivity contribution is 7.91. The van der Waals surface area contributed by atoms with Gasteiger partial charge in [-0.1, -0.05) is 17.7 Å². The number of sulfonamides is 1. The number of amides is 2. The van der Waals surface area contributed by atoms with Gasteiger partial charge in [-0.15, -0.1) is 11.3 Å². The van der Waals surface area contributed by atoms with Crippen molar-refractivity contribution in [1.29, 1.82) is 0 Å². The number of carbonyl (C=O) groups excluding carboxylic acids is 2. The predicted octanol–water partition coefficient (Wildman–Crippen LogP) is 2.83. The molecule has 7 nitrogen and oxygen atoms in total. The zero-order valence-corrected chi connectivity index (χ0v) is 19.0. The third-order valence-electron chi connectivity index (χ3n) is 5.75. The number of rotatable bonds is 5. The van der Waals surface area contributed by atoms with Crippen LogP contribution in [-0.2, 0) is 19.6 Å². The topological polar surface area (TPSA) is 86.8 Å². The summed E-state index contributed by atoms with van der Waals surface area (Å²) in [5.41, 5.74) is 0. The molecule has 2 amide bonds. The maximum atomic E-state index is 12.9. The van der Waals surface area contributed by atoms with Crippen molar-refractivity contribution in [1.82, 2.24) is 14.5 Å². The normalized spacial score (nSPS) is 21.4. The first kappa shape index (κ1) is 21.5. The van der Waals surface area contributed by atoms with Crippen LogP contribution in [0.1, 0.15) is 32.6 Å². The Kier molecular flexibility index (Phi) is 6.07. The number of likely N-dealkylation sites (tertiary alicyclic amines) is 2. The number of carbonyl (C=O) groups is 2. The van der Waals surface area contributed by atoms with E-state index in [1.807, 2.05) is 0 Å². The minimum absolute atomic E-state index is 0.0621. The van der Waals surface area contributed by atoms with E-state index in [4.69, 9.17) is 11.6 Å². The van der Waals surface area contributed by atoms with Crippen molar-refractivity contribution in [2.75, 3.05) is 19.6 Å². The number of hydrogen-bond acceptors (Lipinski definition) is 5. The van der Waals surface area contributed by atoms with E-state index in [2.05, 4.69) is 4.72 Å². The smallest absolute Gasteiger partial charge is 0.250 e. The summed E-state index contributed by atoms with van der Waals surface area (Å²) in [6.07, 6.45) is 3.42. The lowest BCUT2D eigenvalue weighted by Gasteiger charge is -2.32. The Hall–Kier alpha value is -1.68. The Morgan fingerprint density at radius 3 is 2.67 bits per heavy atom. The predicted molar refractivity (Wildman–Crippen MR) is 117 cm³/mol. The summed E-state index contributed by atoms with van der Waals surface area (Å²) < 4.78 is 29.2. The molecule has 0 aliphatic carbocycles. The van der Waals surface area contributed by atoms with Crippen molar-refractivity contribution < 1.29 is 18.0 Å². The van der Waals surface area contributed by atoms with Gasteiger partial charge in [-0.25, -0.2) is 8.42 Å². The third-order valence-corrected chi connectivity index (χ3v) is 9.03. The van der Waals surface area contributed by atoms with Crippen LogP contribution in [0.3, 0.4) is 0 Å². The van der Waals surface area contributed by atoms with E-state index < -0.39 is 22.1 Å². The molecule has 4 rings (SSSR count). The zero-order valence-electron chi connectivity index (χ0n) is 16.6. The fourth-order valence-corrected chi connectivity index (χ4v) is 6.98. The van der Waals surface area contributed by atoms with Crippen molar-refractivity contribution in [3.63, 3.8) is 0 Å². The minimum Gasteiger partial charge on any atom is -0.341 e. The van der Waals surface area contributed by atoms with E-state index in [-0.39, 0.29) is 16.0 Å². The van der Waals surface area contributed by atoms with Crippen LogP contribution in [0.15, 0.2) is 28.5 Å². The molecule has 3 heterocycles. The molecule has 1 N–H and O–H groups in total. The number of halogens is 1. The van der Waals surface area contributed by atoms with E-state index in [1.54, 1.807) is 36.1 Å². The van der Waals surface area contributed by atoms with Gasteiger partial charge in [0, 0.05) is 29.4 Å². The molecular weight excluding hydrogens is 446 g/mol. The molecule has 2 aliphatic heterocycles. The number of piperidine rings is 1. The Labute approximate surface area is 185 Å². The van der Waals surface area contributed by atoms with Crippen molar-refractivity contribution in [3.8, 4) is 0 Å². The van der Waals surface area contributed by atoms with Crippen LogP contribution in [0, 0.1) is 0 Å². The van der Waals surface area contributed by atoms with Gasteiger partial charge in [0.05, 0.1) is 0 Å². The molecule has 0 saturated carbocycles. The monoisotopic (exact) mass is 469 g/mol. The number of nitrogens with one attached hydrogen (secondary N) is 1. The zero-order chi connectivity index (χ0) is 21.5. The number of fused-ring (bicyclic) bond motifs is 1. The van der Waals surface area contributed by atoms with Crippen LogP contribution in [0.4, 0.5) is 0 Å². The molecule has 10 heteroatoms. The molecule has 0 unspecified atom stereocenters. The minimum atomic E-state index is -3.86. The molecule has 0 spiro atoms. The molecule has 0 radical (unpaired) electrons. The summed E-state index contributed by atoms with van der Waals surface area (Å²) in [5.74, 6) is -0.409. The highest BCUT2D eigenvalue weighted by Crippen LogP contribution is 2.31. The molecule has 1 aromatic carbocycles. The summed E-state index contributed by atoms with van der Waals surface area (Å²) in [7, 11) is -3.86. The lowest BCUT2D eigenvalue weighted by molar-refractivity contribution is -0.143. The van der Waals surface area contributed by atoms with Crippen molar-refractivity contribution in [2.24, 2.45) is 0 Å². The fourth-order valence-electron chi connectivity index (χ4n) is 4.07. The van der Waals surface area contributed by atoms with Crippen LogP contribution in [0.25, 0.3) is 10.1 Å².